The lowest BCUT2D eigenvalue weighted by Gasteiger charge is -2.02. The SMILES string of the molecule is COc1ccc2[nH]c(-c3cc(I)ccc3N)nc2n1. The molecule has 2 heterocycles. The number of imidazole rings is 1. The van der Waals surface area contributed by atoms with Crippen LogP contribution in [-0.4, -0.2) is 22.1 Å². The zero-order valence-corrected chi connectivity index (χ0v) is 12.3. The molecule has 0 unspecified atom stereocenters. The number of fused-ring (bicyclic) bond motifs is 1. The number of aromatic nitrogens is 3. The number of H-pyrrole nitrogens is 1. The second kappa shape index (κ2) is 4.69. The molecule has 0 saturated heterocycles. The Morgan fingerprint density at radius 2 is 2.05 bits per heavy atom. The van der Waals surface area contributed by atoms with E-state index in [1.807, 2.05) is 24.3 Å². The predicted molar refractivity (Wildman–Crippen MR) is 83.0 cm³/mol. The van der Waals surface area contributed by atoms with Gasteiger partial charge in [0.05, 0.1) is 12.6 Å². The van der Waals surface area contributed by atoms with Crippen LogP contribution in [0.3, 0.4) is 0 Å². The highest BCUT2D eigenvalue weighted by Crippen LogP contribution is 2.27. The average Bonchev–Trinajstić information content (AvgIpc) is 2.83. The Labute approximate surface area is 123 Å². The van der Waals surface area contributed by atoms with Gasteiger partial charge in [0, 0.05) is 20.9 Å². The third-order valence-corrected chi connectivity index (χ3v) is 3.47. The van der Waals surface area contributed by atoms with E-state index in [4.69, 9.17) is 10.5 Å². The Balaban J connectivity index is 2.17. The maximum absolute atomic E-state index is 5.99. The standard InChI is InChI=1S/C13H11IN4O/c1-19-11-5-4-10-13(17-11)18-12(16-10)8-6-7(14)2-3-9(8)15/h2-6H,15H2,1H3,(H,16,17,18). The number of nitrogens with one attached hydrogen (secondary N) is 1. The van der Waals surface area contributed by atoms with Crippen LogP contribution in [0, 0.1) is 3.57 Å². The van der Waals surface area contributed by atoms with Crippen molar-refractivity contribution in [3.05, 3.63) is 33.9 Å². The Bertz CT molecular complexity index is 753. The lowest BCUT2D eigenvalue weighted by molar-refractivity contribution is 0.399. The molecule has 1 aromatic carbocycles. The van der Waals surface area contributed by atoms with Crippen LogP contribution in [0.4, 0.5) is 5.69 Å². The predicted octanol–water partition coefficient (Wildman–Crippen LogP) is 2.82. The van der Waals surface area contributed by atoms with Crippen molar-refractivity contribution in [2.24, 2.45) is 0 Å². The van der Waals surface area contributed by atoms with Gasteiger partial charge in [-0.2, -0.15) is 4.98 Å². The van der Waals surface area contributed by atoms with Crippen LogP contribution in [-0.2, 0) is 0 Å². The van der Waals surface area contributed by atoms with Crippen LogP contribution in [0.25, 0.3) is 22.6 Å². The first-order chi connectivity index (χ1) is 9.17. The molecular formula is C13H11IN4O. The third kappa shape index (κ3) is 2.23. The number of anilines is 1. The van der Waals surface area contributed by atoms with Crippen LogP contribution < -0.4 is 10.5 Å². The van der Waals surface area contributed by atoms with Gasteiger partial charge in [0.25, 0.3) is 0 Å². The molecule has 0 radical (unpaired) electrons. The molecule has 3 rings (SSSR count). The normalized spacial score (nSPS) is 10.8. The fourth-order valence-electron chi connectivity index (χ4n) is 1.85. The number of nitrogen functional groups attached to an aromatic ring is 1. The van der Waals surface area contributed by atoms with E-state index < -0.39 is 0 Å². The van der Waals surface area contributed by atoms with Crippen LogP contribution in [0.2, 0.25) is 0 Å². The lowest BCUT2D eigenvalue weighted by atomic mass is 10.2. The van der Waals surface area contributed by atoms with Crippen LogP contribution in [0.15, 0.2) is 30.3 Å². The van der Waals surface area contributed by atoms with E-state index in [1.165, 1.54) is 0 Å². The van der Waals surface area contributed by atoms with E-state index in [0.29, 0.717) is 23.0 Å². The molecule has 0 aliphatic heterocycles. The highest BCUT2D eigenvalue weighted by atomic mass is 127. The number of pyridine rings is 1. The molecule has 0 bridgehead atoms. The minimum absolute atomic E-state index is 0.543. The van der Waals surface area contributed by atoms with Crippen molar-refractivity contribution >= 4 is 39.4 Å². The quantitative estimate of drug-likeness (QED) is 0.540. The Morgan fingerprint density at radius 1 is 1.21 bits per heavy atom. The maximum Gasteiger partial charge on any atom is 0.215 e. The third-order valence-electron chi connectivity index (χ3n) is 2.80. The zero-order valence-electron chi connectivity index (χ0n) is 10.1. The summed E-state index contributed by atoms with van der Waals surface area (Å²) in [5, 5.41) is 0. The summed E-state index contributed by atoms with van der Waals surface area (Å²) in [5.74, 6) is 1.26. The summed E-state index contributed by atoms with van der Waals surface area (Å²) in [7, 11) is 1.58. The monoisotopic (exact) mass is 366 g/mol. The number of ether oxygens (including phenoxy) is 1. The van der Waals surface area contributed by atoms with E-state index in [-0.39, 0.29) is 0 Å². The molecule has 0 aliphatic carbocycles. The summed E-state index contributed by atoms with van der Waals surface area (Å²) in [6.07, 6.45) is 0. The Morgan fingerprint density at radius 3 is 2.84 bits per heavy atom. The topological polar surface area (TPSA) is 76.8 Å². The molecule has 19 heavy (non-hydrogen) atoms. The van der Waals surface area contributed by atoms with Gasteiger partial charge >= 0.3 is 0 Å². The number of aromatic amines is 1. The van der Waals surface area contributed by atoms with E-state index >= 15 is 0 Å². The lowest BCUT2D eigenvalue weighted by Crippen LogP contribution is -1.91. The summed E-state index contributed by atoms with van der Waals surface area (Å²) in [4.78, 5) is 12.0. The molecule has 0 aliphatic rings. The molecule has 0 spiro atoms. The minimum atomic E-state index is 0.543. The first-order valence-electron chi connectivity index (χ1n) is 5.63. The molecule has 96 valence electrons. The number of benzene rings is 1. The van der Waals surface area contributed by atoms with Gasteiger partial charge in [-0.15, -0.1) is 0 Å². The van der Waals surface area contributed by atoms with Gasteiger partial charge in [0.1, 0.15) is 5.82 Å². The van der Waals surface area contributed by atoms with Gasteiger partial charge in [-0.25, -0.2) is 4.98 Å². The van der Waals surface area contributed by atoms with Gasteiger partial charge < -0.3 is 15.5 Å². The van der Waals surface area contributed by atoms with Crippen molar-refractivity contribution in [1.82, 2.24) is 15.0 Å². The number of rotatable bonds is 2. The molecule has 6 heteroatoms. The molecule has 2 aromatic heterocycles. The smallest absolute Gasteiger partial charge is 0.215 e. The van der Waals surface area contributed by atoms with Crippen molar-refractivity contribution in [2.45, 2.75) is 0 Å². The molecule has 0 fully saturated rings. The molecule has 3 aromatic rings. The van der Waals surface area contributed by atoms with Crippen molar-refractivity contribution in [1.29, 1.82) is 0 Å². The van der Waals surface area contributed by atoms with Crippen molar-refractivity contribution in [2.75, 3.05) is 12.8 Å². The number of hydrogen-bond donors (Lipinski definition) is 2. The summed E-state index contributed by atoms with van der Waals surface area (Å²) in [5.41, 5.74) is 9.03. The largest absolute Gasteiger partial charge is 0.481 e. The number of nitrogens with two attached hydrogens (primary N) is 1. The first kappa shape index (κ1) is 12.2. The molecular weight excluding hydrogens is 355 g/mol. The Kier molecular flexibility index (Phi) is 3.02. The Hall–Kier alpha value is -1.83. The summed E-state index contributed by atoms with van der Waals surface area (Å²) in [6, 6.07) is 9.51. The van der Waals surface area contributed by atoms with Gasteiger partial charge in [0.15, 0.2) is 5.65 Å². The van der Waals surface area contributed by atoms with E-state index in [1.54, 1.807) is 13.2 Å². The maximum atomic E-state index is 5.99. The summed E-state index contributed by atoms with van der Waals surface area (Å²) >= 11 is 2.25. The second-order valence-corrected chi connectivity index (χ2v) is 5.29. The highest BCUT2D eigenvalue weighted by Gasteiger charge is 2.10. The minimum Gasteiger partial charge on any atom is -0.481 e. The fraction of sp³-hybridized carbons (Fsp3) is 0.0769. The highest BCUT2D eigenvalue weighted by molar-refractivity contribution is 14.1. The summed E-state index contributed by atoms with van der Waals surface area (Å²) < 4.78 is 6.19. The van der Waals surface area contributed by atoms with E-state index in [0.717, 1.165) is 14.7 Å². The van der Waals surface area contributed by atoms with Crippen molar-refractivity contribution in [3.63, 3.8) is 0 Å². The van der Waals surface area contributed by atoms with Gasteiger partial charge in [-0.3, -0.25) is 0 Å². The fourth-order valence-corrected chi connectivity index (χ4v) is 2.34. The first-order valence-corrected chi connectivity index (χ1v) is 6.71. The average molecular weight is 366 g/mol. The van der Waals surface area contributed by atoms with Crippen LogP contribution in [0.5, 0.6) is 5.88 Å². The number of methoxy groups -OCH3 is 1. The molecule has 0 atom stereocenters. The molecule has 0 amide bonds. The second-order valence-electron chi connectivity index (χ2n) is 4.04. The van der Waals surface area contributed by atoms with Crippen LogP contribution in [0.1, 0.15) is 0 Å². The van der Waals surface area contributed by atoms with Crippen LogP contribution >= 0.6 is 22.6 Å². The van der Waals surface area contributed by atoms with Gasteiger partial charge in [0.2, 0.25) is 5.88 Å². The number of halogens is 1. The van der Waals surface area contributed by atoms with E-state index in [9.17, 15) is 0 Å². The van der Waals surface area contributed by atoms with E-state index in [2.05, 4.69) is 37.5 Å². The molecule has 3 N–H and O–H groups in total. The number of nitrogens with zero attached hydrogens (tertiary/aromatic N) is 2. The zero-order chi connectivity index (χ0) is 13.4. The number of hydrogen-bond acceptors (Lipinski definition) is 4. The van der Waals surface area contributed by atoms with Crippen molar-refractivity contribution in [3.8, 4) is 17.3 Å². The summed E-state index contributed by atoms with van der Waals surface area (Å²) in [6.45, 7) is 0. The molecule has 0 saturated carbocycles. The van der Waals surface area contributed by atoms with Crippen molar-refractivity contribution < 1.29 is 4.74 Å². The molecule has 5 nitrogen and oxygen atoms in total. The van der Waals surface area contributed by atoms with Gasteiger partial charge in [-0.05, 0) is 46.9 Å². The van der Waals surface area contributed by atoms with Gasteiger partial charge in [-0.1, -0.05) is 0 Å².